The minimum atomic E-state index is -4.88. The van der Waals surface area contributed by atoms with Crippen molar-refractivity contribution in [1.82, 2.24) is 10.2 Å². The molecular formula is C31H35ClF3N3O4S. The van der Waals surface area contributed by atoms with E-state index in [1.165, 1.54) is 29.2 Å². The Hall–Kier alpha value is -3.57. The molecule has 7 nitrogen and oxygen atoms in total. The Kier molecular flexibility index (Phi) is 11.3. The molecule has 0 saturated heterocycles. The van der Waals surface area contributed by atoms with Gasteiger partial charge < -0.3 is 10.2 Å². The number of benzene rings is 3. The molecule has 2 atom stereocenters. The second-order valence-electron chi connectivity index (χ2n) is 10.2. The first-order valence-corrected chi connectivity index (χ1v) is 15.6. The van der Waals surface area contributed by atoms with Crippen LogP contribution in [0.1, 0.15) is 50.3 Å². The number of carbonyl (C=O) groups is 2. The van der Waals surface area contributed by atoms with Crippen molar-refractivity contribution in [3.8, 4) is 0 Å². The first-order chi connectivity index (χ1) is 20.2. The van der Waals surface area contributed by atoms with Gasteiger partial charge in [0.05, 0.1) is 21.2 Å². The van der Waals surface area contributed by atoms with Crippen molar-refractivity contribution in [1.29, 1.82) is 0 Å². The SMILES string of the molecule is CC[C@H](C(=O)N[C@@H](C)CC)N(Cc1ccccc1C)C(=O)CN(c1ccc(Cl)c(C(F)(F)F)c1)S(=O)(=O)c1ccccc1. The Morgan fingerprint density at radius 2 is 1.58 bits per heavy atom. The summed E-state index contributed by atoms with van der Waals surface area (Å²) >= 11 is 5.82. The first kappa shape index (κ1) is 33.9. The van der Waals surface area contributed by atoms with Gasteiger partial charge in [0.25, 0.3) is 10.0 Å². The molecule has 0 bridgehead atoms. The van der Waals surface area contributed by atoms with Gasteiger partial charge in [-0.3, -0.25) is 13.9 Å². The lowest BCUT2D eigenvalue weighted by molar-refractivity contribution is -0.140. The number of hydrogen-bond donors (Lipinski definition) is 1. The zero-order valence-corrected chi connectivity index (χ0v) is 25.9. The maximum atomic E-state index is 14.1. The number of aryl methyl sites for hydroxylation is 1. The molecule has 0 spiro atoms. The molecule has 12 heteroatoms. The van der Waals surface area contributed by atoms with Crippen molar-refractivity contribution < 1.29 is 31.2 Å². The van der Waals surface area contributed by atoms with Crippen molar-refractivity contribution in [2.75, 3.05) is 10.8 Å². The van der Waals surface area contributed by atoms with Crippen molar-refractivity contribution in [3.05, 3.63) is 94.5 Å². The molecule has 0 unspecified atom stereocenters. The molecule has 232 valence electrons. The van der Waals surface area contributed by atoms with Crippen LogP contribution in [0.2, 0.25) is 5.02 Å². The summed E-state index contributed by atoms with van der Waals surface area (Å²) in [5.74, 6) is -1.18. The predicted octanol–water partition coefficient (Wildman–Crippen LogP) is 6.58. The van der Waals surface area contributed by atoms with Crippen molar-refractivity contribution in [3.63, 3.8) is 0 Å². The third kappa shape index (κ3) is 8.29. The van der Waals surface area contributed by atoms with E-state index in [4.69, 9.17) is 11.6 Å². The number of sulfonamides is 1. The first-order valence-electron chi connectivity index (χ1n) is 13.8. The summed E-state index contributed by atoms with van der Waals surface area (Å²) in [7, 11) is -4.54. The summed E-state index contributed by atoms with van der Waals surface area (Å²) in [5, 5.41) is 2.27. The molecule has 0 aromatic heterocycles. The normalized spacial score (nSPS) is 13.2. The molecule has 0 saturated carbocycles. The van der Waals surface area contributed by atoms with Crippen LogP contribution in [0.15, 0.2) is 77.7 Å². The zero-order chi connectivity index (χ0) is 31.9. The van der Waals surface area contributed by atoms with E-state index in [2.05, 4.69) is 5.32 Å². The highest BCUT2D eigenvalue weighted by Crippen LogP contribution is 2.38. The average Bonchev–Trinajstić information content (AvgIpc) is 2.96. The molecule has 0 heterocycles. The van der Waals surface area contributed by atoms with Gasteiger partial charge >= 0.3 is 6.18 Å². The summed E-state index contributed by atoms with van der Waals surface area (Å²) in [6.07, 6.45) is -4.02. The van der Waals surface area contributed by atoms with Gasteiger partial charge in [0.1, 0.15) is 12.6 Å². The van der Waals surface area contributed by atoms with Gasteiger partial charge in [-0.25, -0.2) is 8.42 Å². The van der Waals surface area contributed by atoms with Crippen LogP contribution < -0.4 is 9.62 Å². The predicted molar refractivity (Wildman–Crippen MR) is 161 cm³/mol. The smallest absolute Gasteiger partial charge is 0.352 e. The number of halogens is 4. The van der Waals surface area contributed by atoms with E-state index in [1.807, 2.05) is 32.9 Å². The average molecular weight is 638 g/mol. The van der Waals surface area contributed by atoms with Crippen LogP contribution in [0.3, 0.4) is 0 Å². The van der Waals surface area contributed by atoms with Crippen molar-refractivity contribution >= 4 is 39.1 Å². The van der Waals surface area contributed by atoms with E-state index in [1.54, 1.807) is 25.1 Å². The van der Waals surface area contributed by atoms with E-state index in [0.29, 0.717) is 16.8 Å². The Bertz CT molecular complexity index is 1530. The van der Waals surface area contributed by atoms with Crippen molar-refractivity contribution in [2.24, 2.45) is 0 Å². The molecule has 0 aliphatic carbocycles. The number of amides is 2. The maximum absolute atomic E-state index is 14.1. The fourth-order valence-electron chi connectivity index (χ4n) is 4.47. The van der Waals surface area contributed by atoms with Gasteiger partial charge in [0.15, 0.2) is 0 Å². The second-order valence-corrected chi connectivity index (χ2v) is 12.4. The highest BCUT2D eigenvalue weighted by Gasteiger charge is 2.37. The highest BCUT2D eigenvalue weighted by molar-refractivity contribution is 7.92. The standard InChI is InChI=1S/C31H35ClF3N3O4S/c1-5-22(4)36-30(40)28(6-2)37(19-23-13-11-10-12-21(23)3)29(39)20-38(43(41,42)25-14-8-7-9-15-25)24-16-17-27(32)26(18-24)31(33,34)35/h7-18,22,28H,5-6,19-20H2,1-4H3,(H,36,40)/t22-,28+/m0/s1. The van der Waals surface area contributed by atoms with Gasteiger partial charge in [-0.1, -0.05) is 67.9 Å². The molecular weight excluding hydrogens is 603 g/mol. The third-order valence-corrected chi connectivity index (χ3v) is 9.26. The van der Waals surface area contributed by atoms with E-state index in [9.17, 15) is 31.2 Å². The van der Waals surface area contributed by atoms with E-state index in [0.717, 1.165) is 23.3 Å². The molecule has 3 aromatic carbocycles. The minimum Gasteiger partial charge on any atom is -0.352 e. The van der Waals surface area contributed by atoms with Crippen LogP contribution in [-0.2, 0) is 32.3 Å². The number of nitrogens with one attached hydrogen (secondary N) is 1. The van der Waals surface area contributed by atoms with Gasteiger partial charge in [0.2, 0.25) is 11.8 Å². The summed E-state index contributed by atoms with van der Waals surface area (Å²) in [4.78, 5) is 28.5. The van der Waals surface area contributed by atoms with Gasteiger partial charge in [0, 0.05) is 12.6 Å². The quantitative estimate of drug-likeness (QED) is 0.243. The van der Waals surface area contributed by atoms with Crippen LogP contribution in [0, 0.1) is 6.92 Å². The Morgan fingerprint density at radius 3 is 2.16 bits per heavy atom. The Labute approximate surface area is 255 Å². The number of rotatable bonds is 12. The largest absolute Gasteiger partial charge is 0.417 e. The van der Waals surface area contributed by atoms with Crippen LogP contribution in [0.5, 0.6) is 0 Å². The summed E-state index contributed by atoms with van der Waals surface area (Å²) in [6.45, 7) is 6.41. The summed E-state index contributed by atoms with van der Waals surface area (Å²) < 4.78 is 69.7. The maximum Gasteiger partial charge on any atom is 0.417 e. The van der Waals surface area contributed by atoms with Gasteiger partial charge in [-0.2, -0.15) is 13.2 Å². The lowest BCUT2D eigenvalue weighted by Crippen LogP contribution is -2.53. The number of alkyl halides is 3. The van der Waals surface area contributed by atoms with Gasteiger partial charge in [-0.05, 0) is 68.1 Å². The molecule has 0 aliphatic heterocycles. The molecule has 3 rings (SSSR count). The monoisotopic (exact) mass is 637 g/mol. The molecule has 3 aromatic rings. The zero-order valence-electron chi connectivity index (χ0n) is 24.4. The Balaban J connectivity index is 2.15. The van der Waals surface area contributed by atoms with E-state index >= 15 is 0 Å². The fraction of sp³-hybridized carbons (Fsp3) is 0.355. The lowest BCUT2D eigenvalue weighted by Gasteiger charge is -2.34. The number of anilines is 1. The number of carbonyl (C=O) groups excluding carboxylic acids is 2. The van der Waals surface area contributed by atoms with Gasteiger partial charge in [-0.15, -0.1) is 0 Å². The summed E-state index contributed by atoms with van der Waals surface area (Å²) in [6, 6.07) is 15.8. The van der Waals surface area contributed by atoms with Crippen LogP contribution in [0.25, 0.3) is 0 Å². The van der Waals surface area contributed by atoms with Crippen molar-refractivity contribution in [2.45, 2.75) is 70.2 Å². The van der Waals surface area contributed by atoms with Crippen LogP contribution >= 0.6 is 11.6 Å². The Morgan fingerprint density at radius 1 is 0.953 bits per heavy atom. The molecule has 43 heavy (non-hydrogen) atoms. The van der Waals surface area contributed by atoms with Crippen LogP contribution in [0.4, 0.5) is 18.9 Å². The fourth-order valence-corrected chi connectivity index (χ4v) is 6.12. The molecule has 0 radical (unpaired) electrons. The highest BCUT2D eigenvalue weighted by atomic mass is 35.5. The molecule has 0 aliphatic rings. The minimum absolute atomic E-state index is 0.0222. The van der Waals surface area contributed by atoms with Crippen LogP contribution in [-0.4, -0.2) is 43.8 Å². The third-order valence-electron chi connectivity index (χ3n) is 7.14. The van der Waals surface area contributed by atoms with E-state index in [-0.39, 0.29) is 23.9 Å². The molecule has 2 amide bonds. The number of nitrogens with zero attached hydrogens (tertiary/aromatic N) is 2. The topological polar surface area (TPSA) is 86.8 Å². The second kappa shape index (κ2) is 14.3. The molecule has 1 N–H and O–H groups in total. The lowest BCUT2D eigenvalue weighted by atomic mass is 10.1. The summed E-state index contributed by atoms with van der Waals surface area (Å²) in [5.41, 5.74) is -0.0712. The molecule has 0 fully saturated rings. The number of hydrogen-bond acceptors (Lipinski definition) is 4. The van der Waals surface area contributed by atoms with E-state index < -0.39 is 56.9 Å².